The molecule has 5 heteroatoms. The van der Waals surface area contributed by atoms with Gasteiger partial charge in [-0.2, -0.15) is 0 Å². The molecule has 0 saturated heterocycles. The zero-order valence-electron chi connectivity index (χ0n) is 12.4. The summed E-state index contributed by atoms with van der Waals surface area (Å²) in [7, 11) is 0. The van der Waals surface area contributed by atoms with Gasteiger partial charge in [0.2, 0.25) is 0 Å². The van der Waals surface area contributed by atoms with Gasteiger partial charge in [-0.3, -0.25) is 0 Å². The van der Waals surface area contributed by atoms with Gasteiger partial charge in [-0.25, -0.2) is 9.59 Å². The summed E-state index contributed by atoms with van der Waals surface area (Å²) in [6.07, 6.45) is 0.398. The van der Waals surface area contributed by atoms with Crippen LogP contribution in [0.1, 0.15) is 31.4 Å². The van der Waals surface area contributed by atoms with Gasteiger partial charge in [-0.1, -0.05) is 19.9 Å². The molecule has 0 heterocycles. The van der Waals surface area contributed by atoms with Crippen LogP contribution in [0.2, 0.25) is 0 Å². The SMILES string of the molecule is Cc1cc(C)cc(NC(=O)NC(CC(C)C)C(=O)O)c1. The summed E-state index contributed by atoms with van der Waals surface area (Å²) in [4.78, 5) is 22.9. The van der Waals surface area contributed by atoms with Crippen LogP contribution in [0.3, 0.4) is 0 Å². The predicted molar refractivity (Wildman–Crippen MR) is 78.9 cm³/mol. The van der Waals surface area contributed by atoms with Crippen molar-refractivity contribution >= 4 is 17.7 Å². The second kappa shape index (κ2) is 6.93. The van der Waals surface area contributed by atoms with Crippen LogP contribution in [0.15, 0.2) is 18.2 Å². The minimum absolute atomic E-state index is 0.192. The van der Waals surface area contributed by atoms with Crippen molar-refractivity contribution in [3.8, 4) is 0 Å². The van der Waals surface area contributed by atoms with E-state index in [9.17, 15) is 9.59 Å². The number of aryl methyl sites for hydroxylation is 2. The first-order valence-corrected chi connectivity index (χ1v) is 6.66. The molecule has 0 aliphatic heterocycles. The third kappa shape index (κ3) is 5.30. The molecule has 1 rings (SSSR count). The van der Waals surface area contributed by atoms with Crippen molar-refractivity contribution in [2.24, 2.45) is 5.92 Å². The van der Waals surface area contributed by atoms with E-state index in [1.807, 2.05) is 45.9 Å². The Hall–Kier alpha value is -2.04. The van der Waals surface area contributed by atoms with E-state index in [1.54, 1.807) is 0 Å². The van der Waals surface area contributed by atoms with Crippen molar-refractivity contribution in [2.75, 3.05) is 5.32 Å². The number of urea groups is 1. The van der Waals surface area contributed by atoms with Crippen molar-refractivity contribution in [1.82, 2.24) is 5.32 Å². The van der Waals surface area contributed by atoms with Gasteiger partial charge in [0.15, 0.2) is 0 Å². The fourth-order valence-corrected chi connectivity index (χ4v) is 2.07. The maximum absolute atomic E-state index is 11.8. The van der Waals surface area contributed by atoms with Gasteiger partial charge in [-0.15, -0.1) is 0 Å². The Labute approximate surface area is 119 Å². The zero-order valence-corrected chi connectivity index (χ0v) is 12.4. The topological polar surface area (TPSA) is 78.4 Å². The first-order chi connectivity index (χ1) is 9.27. The van der Waals surface area contributed by atoms with Gasteiger partial charge < -0.3 is 15.7 Å². The molecule has 1 aromatic rings. The van der Waals surface area contributed by atoms with E-state index in [1.165, 1.54) is 0 Å². The lowest BCUT2D eigenvalue weighted by molar-refractivity contribution is -0.139. The first-order valence-electron chi connectivity index (χ1n) is 6.66. The molecular formula is C15H22N2O3. The molecule has 0 aliphatic carbocycles. The number of carbonyl (C=O) groups excluding carboxylic acids is 1. The molecule has 110 valence electrons. The van der Waals surface area contributed by atoms with Crippen LogP contribution in [-0.2, 0) is 4.79 Å². The summed E-state index contributed by atoms with van der Waals surface area (Å²) in [6, 6.07) is 4.31. The number of rotatable bonds is 5. The molecule has 0 saturated carbocycles. The number of carboxylic acid groups (broad SMARTS) is 1. The quantitative estimate of drug-likeness (QED) is 0.775. The number of amides is 2. The Balaban J connectivity index is 2.68. The summed E-state index contributed by atoms with van der Waals surface area (Å²) in [6.45, 7) is 7.71. The van der Waals surface area contributed by atoms with E-state index >= 15 is 0 Å². The fraction of sp³-hybridized carbons (Fsp3) is 0.467. The van der Waals surface area contributed by atoms with Gasteiger partial charge in [0.05, 0.1) is 0 Å². The molecule has 0 aromatic heterocycles. The van der Waals surface area contributed by atoms with Crippen molar-refractivity contribution in [3.63, 3.8) is 0 Å². The average molecular weight is 278 g/mol. The van der Waals surface area contributed by atoms with Crippen molar-refractivity contribution in [2.45, 2.75) is 40.2 Å². The highest BCUT2D eigenvalue weighted by Crippen LogP contribution is 2.13. The molecule has 5 nitrogen and oxygen atoms in total. The molecule has 20 heavy (non-hydrogen) atoms. The summed E-state index contributed by atoms with van der Waals surface area (Å²) in [5, 5.41) is 14.2. The maximum Gasteiger partial charge on any atom is 0.326 e. The monoisotopic (exact) mass is 278 g/mol. The minimum atomic E-state index is -1.02. The third-order valence-corrected chi connectivity index (χ3v) is 2.79. The second-order valence-corrected chi connectivity index (χ2v) is 5.50. The van der Waals surface area contributed by atoms with E-state index in [0.717, 1.165) is 11.1 Å². The maximum atomic E-state index is 11.8. The Morgan fingerprint density at radius 2 is 1.70 bits per heavy atom. The van der Waals surface area contributed by atoms with Crippen LogP contribution in [0.5, 0.6) is 0 Å². The Kier molecular flexibility index (Phi) is 5.55. The Morgan fingerprint density at radius 1 is 1.15 bits per heavy atom. The van der Waals surface area contributed by atoms with Crippen molar-refractivity contribution in [3.05, 3.63) is 29.3 Å². The van der Waals surface area contributed by atoms with Crippen molar-refractivity contribution in [1.29, 1.82) is 0 Å². The number of hydrogen-bond donors (Lipinski definition) is 3. The second-order valence-electron chi connectivity index (χ2n) is 5.50. The molecular weight excluding hydrogens is 256 g/mol. The molecule has 1 unspecified atom stereocenters. The predicted octanol–water partition coefficient (Wildman–Crippen LogP) is 2.92. The summed E-state index contributed by atoms with van der Waals surface area (Å²) < 4.78 is 0. The van der Waals surface area contributed by atoms with Crippen LogP contribution >= 0.6 is 0 Å². The van der Waals surface area contributed by atoms with Crippen LogP contribution in [0.25, 0.3) is 0 Å². The highest BCUT2D eigenvalue weighted by atomic mass is 16.4. The van der Waals surface area contributed by atoms with Gasteiger partial charge in [-0.05, 0) is 49.4 Å². The lowest BCUT2D eigenvalue weighted by atomic mass is 10.0. The number of benzene rings is 1. The van der Waals surface area contributed by atoms with E-state index in [4.69, 9.17) is 5.11 Å². The number of hydrogen-bond acceptors (Lipinski definition) is 2. The normalized spacial score (nSPS) is 12.1. The lowest BCUT2D eigenvalue weighted by Gasteiger charge is -2.17. The number of aliphatic carboxylic acids is 1. The van der Waals surface area contributed by atoms with E-state index < -0.39 is 18.0 Å². The molecule has 0 spiro atoms. The van der Waals surface area contributed by atoms with Gasteiger partial charge >= 0.3 is 12.0 Å². The lowest BCUT2D eigenvalue weighted by Crippen LogP contribution is -2.43. The molecule has 0 fully saturated rings. The molecule has 0 bridgehead atoms. The van der Waals surface area contributed by atoms with Crippen molar-refractivity contribution < 1.29 is 14.7 Å². The van der Waals surface area contributed by atoms with Crippen LogP contribution in [0, 0.1) is 19.8 Å². The number of nitrogens with one attached hydrogen (secondary N) is 2. The Morgan fingerprint density at radius 3 is 2.15 bits per heavy atom. The van der Waals surface area contributed by atoms with Crippen LogP contribution in [-0.4, -0.2) is 23.1 Å². The summed E-state index contributed by atoms with van der Waals surface area (Å²) >= 11 is 0. The molecule has 1 atom stereocenters. The smallest absolute Gasteiger partial charge is 0.326 e. The highest BCUT2D eigenvalue weighted by molar-refractivity contribution is 5.92. The summed E-state index contributed by atoms with van der Waals surface area (Å²) in [5.74, 6) is -0.827. The van der Waals surface area contributed by atoms with Gasteiger partial charge in [0.1, 0.15) is 6.04 Å². The largest absolute Gasteiger partial charge is 0.480 e. The Bertz CT molecular complexity index is 478. The van der Waals surface area contributed by atoms with Crippen LogP contribution in [0.4, 0.5) is 10.5 Å². The minimum Gasteiger partial charge on any atom is -0.480 e. The number of carbonyl (C=O) groups is 2. The fourth-order valence-electron chi connectivity index (χ4n) is 2.07. The molecule has 1 aromatic carbocycles. The van der Waals surface area contributed by atoms with E-state index in [2.05, 4.69) is 10.6 Å². The molecule has 0 aliphatic rings. The highest BCUT2D eigenvalue weighted by Gasteiger charge is 2.20. The standard InChI is InChI=1S/C15H22N2O3/c1-9(2)5-13(14(18)19)17-15(20)16-12-7-10(3)6-11(4)8-12/h6-9,13H,5H2,1-4H3,(H,18,19)(H2,16,17,20). The number of carboxylic acids is 1. The molecule has 3 N–H and O–H groups in total. The van der Waals surface area contributed by atoms with Gasteiger partial charge in [0.25, 0.3) is 0 Å². The zero-order chi connectivity index (χ0) is 15.3. The van der Waals surface area contributed by atoms with E-state index in [-0.39, 0.29) is 5.92 Å². The van der Waals surface area contributed by atoms with E-state index in [0.29, 0.717) is 12.1 Å². The van der Waals surface area contributed by atoms with Crippen LogP contribution < -0.4 is 10.6 Å². The molecule has 0 radical (unpaired) electrons. The number of anilines is 1. The summed E-state index contributed by atoms with van der Waals surface area (Å²) in [5.41, 5.74) is 2.74. The third-order valence-electron chi connectivity index (χ3n) is 2.79. The van der Waals surface area contributed by atoms with Gasteiger partial charge in [0, 0.05) is 5.69 Å². The first kappa shape index (κ1) is 16.0. The average Bonchev–Trinajstić information content (AvgIpc) is 2.25. The molecule has 2 amide bonds.